The van der Waals surface area contributed by atoms with E-state index in [-0.39, 0.29) is 11.9 Å². The molecule has 1 atom stereocenters. The molecule has 0 aliphatic carbocycles. The molecular formula is C16H17BrFNO. The number of benzene rings is 2. The van der Waals surface area contributed by atoms with Gasteiger partial charge in [0.1, 0.15) is 11.6 Å². The Hall–Kier alpha value is -1.39. The van der Waals surface area contributed by atoms with Crippen molar-refractivity contribution >= 4 is 15.9 Å². The summed E-state index contributed by atoms with van der Waals surface area (Å²) in [6.07, 6.45) is 0.636. The van der Waals surface area contributed by atoms with Crippen molar-refractivity contribution in [1.29, 1.82) is 0 Å². The van der Waals surface area contributed by atoms with Crippen LogP contribution in [-0.4, -0.2) is 6.61 Å². The molecule has 4 heteroatoms. The first-order valence-electron chi connectivity index (χ1n) is 6.52. The smallest absolute Gasteiger partial charge is 0.124 e. The van der Waals surface area contributed by atoms with Crippen LogP contribution in [-0.2, 0) is 6.42 Å². The molecule has 0 bridgehead atoms. The van der Waals surface area contributed by atoms with Crippen molar-refractivity contribution in [3.63, 3.8) is 0 Å². The third-order valence-corrected chi connectivity index (χ3v) is 3.53. The highest BCUT2D eigenvalue weighted by Crippen LogP contribution is 2.29. The molecule has 0 fully saturated rings. The lowest BCUT2D eigenvalue weighted by molar-refractivity contribution is 0.334. The van der Waals surface area contributed by atoms with Gasteiger partial charge in [-0.3, -0.25) is 0 Å². The third-order valence-electron chi connectivity index (χ3n) is 3.04. The van der Waals surface area contributed by atoms with Gasteiger partial charge in [-0.25, -0.2) is 4.39 Å². The van der Waals surface area contributed by atoms with E-state index in [0.717, 1.165) is 21.3 Å². The molecule has 106 valence electrons. The average Bonchev–Trinajstić information content (AvgIpc) is 2.43. The second kappa shape index (κ2) is 6.86. The van der Waals surface area contributed by atoms with Crippen LogP contribution in [0.5, 0.6) is 5.75 Å². The minimum absolute atomic E-state index is 0.195. The molecule has 0 saturated heterocycles. The van der Waals surface area contributed by atoms with Crippen LogP contribution in [0.1, 0.15) is 24.1 Å². The van der Waals surface area contributed by atoms with Crippen molar-refractivity contribution < 1.29 is 9.13 Å². The Morgan fingerprint density at radius 3 is 2.55 bits per heavy atom. The first-order chi connectivity index (χ1) is 9.60. The molecule has 2 nitrogen and oxygen atoms in total. The summed E-state index contributed by atoms with van der Waals surface area (Å²) in [7, 11) is 0. The number of ether oxygens (including phenoxy) is 1. The number of hydrogen-bond acceptors (Lipinski definition) is 2. The van der Waals surface area contributed by atoms with Crippen LogP contribution in [0.2, 0.25) is 0 Å². The molecule has 0 saturated carbocycles. The van der Waals surface area contributed by atoms with Gasteiger partial charge in [0, 0.05) is 16.1 Å². The van der Waals surface area contributed by atoms with E-state index in [1.807, 2.05) is 25.1 Å². The SMILES string of the molecule is CCOc1ccc(Br)cc1C(N)Cc1ccc(F)cc1. The quantitative estimate of drug-likeness (QED) is 0.886. The van der Waals surface area contributed by atoms with Crippen LogP contribution in [0.4, 0.5) is 4.39 Å². The van der Waals surface area contributed by atoms with Gasteiger partial charge in [0.05, 0.1) is 6.61 Å². The predicted molar refractivity (Wildman–Crippen MR) is 82.3 cm³/mol. The number of rotatable bonds is 5. The van der Waals surface area contributed by atoms with E-state index in [1.165, 1.54) is 12.1 Å². The van der Waals surface area contributed by atoms with E-state index in [9.17, 15) is 4.39 Å². The molecule has 2 aromatic rings. The third kappa shape index (κ3) is 3.81. The Bertz CT molecular complexity index is 571. The van der Waals surface area contributed by atoms with Crippen LogP contribution in [0.3, 0.4) is 0 Å². The molecule has 0 radical (unpaired) electrons. The average molecular weight is 338 g/mol. The summed E-state index contributed by atoms with van der Waals surface area (Å²) in [5, 5.41) is 0. The van der Waals surface area contributed by atoms with Crippen molar-refractivity contribution in [2.75, 3.05) is 6.61 Å². The fourth-order valence-corrected chi connectivity index (χ4v) is 2.46. The molecule has 0 aliphatic rings. The summed E-state index contributed by atoms with van der Waals surface area (Å²) in [5.74, 6) is 0.560. The van der Waals surface area contributed by atoms with E-state index < -0.39 is 0 Å². The lowest BCUT2D eigenvalue weighted by Crippen LogP contribution is -2.15. The summed E-state index contributed by atoms with van der Waals surface area (Å²) in [6.45, 7) is 2.54. The molecule has 0 aromatic heterocycles. The lowest BCUT2D eigenvalue weighted by Gasteiger charge is -2.17. The minimum Gasteiger partial charge on any atom is -0.494 e. The van der Waals surface area contributed by atoms with Gasteiger partial charge in [-0.15, -0.1) is 0 Å². The van der Waals surface area contributed by atoms with Crippen LogP contribution in [0, 0.1) is 5.82 Å². The maximum Gasteiger partial charge on any atom is 0.124 e. The van der Waals surface area contributed by atoms with Gasteiger partial charge in [-0.05, 0) is 49.2 Å². The monoisotopic (exact) mass is 337 g/mol. The topological polar surface area (TPSA) is 35.2 Å². The lowest BCUT2D eigenvalue weighted by atomic mass is 9.99. The van der Waals surface area contributed by atoms with Gasteiger partial charge >= 0.3 is 0 Å². The van der Waals surface area contributed by atoms with Crippen molar-refractivity contribution in [1.82, 2.24) is 0 Å². The molecule has 0 heterocycles. The largest absolute Gasteiger partial charge is 0.494 e. The summed E-state index contributed by atoms with van der Waals surface area (Å²) in [4.78, 5) is 0. The van der Waals surface area contributed by atoms with E-state index in [4.69, 9.17) is 10.5 Å². The Labute approximate surface area is 126 Å². The second-order valence-corrected chi connectivity index (χ2v) is 5.47. The second-order valence-electron chi connectivity index (χ2n) is 4.55. The minimum atomic E-state index is -0.236. The summed E-state index contributed by atoms with van der Waals surface area (Å²) in [5.41, 5.74) is 8.22. The first-order valence-corrected chi connectivity index (χ1v) is 7.31. The summed E-state index contributed by atoms with van der Waals surface area (Å²) in [6, 6.07) is 12.0. The van der Waals surface area contributed by atoms with Crippen LogP contribution >= 0.6 is 15.9 Å². The van der Waals surface area contributed by atoms with Crippen LogP contribution < -0.4 is 10.5 Å². The normalized spacial score (nSPS) is 12.2. The molecular weight excluding hydrogens is 321 g/mol. The Morgan fingerprint density at radius 2 is 1.90 bits per heavy atom. The molecule has 1 unspecified atom stereocenters. The molecule has 2 rings (SSSR count). The molecule has 0 amide bonds. The van der Waals surface area contributed by atoms with Gasteiger partial charge in [-0.2, -0.15) is 0 Å². The van der Waals surface area contributed by atoms with Gasteiger partial charge in [-0.1, -0.05) is 28.1 Å². The van der Waals surface area contributed by atoms with Gasteiger partial charge in [0.15, 0.2) is 0 Å². The van der Waals surface area contributed by atoms with Crippen LogP contribution in [0.25, 0.3) is 0 Å². The van der Waals surface area contributed by atoms with Gasteiger partial charge in [0.25, 0.3) is 0 Å². The van der Waals surface area contributed by atoms with Crippen molar-refractivity contribution in [3.05, 3.63) is 63.9 Å². The fourth-order valence-electron chi connectivity index (χ4n) is 2.08. The zero-order valence-electron chi connectivity index (χ0n) is 11.3. The van der Waals surface area contributed by atoms with Crippen molar-refractivity contribution in [2.24, 2.45) is 5.73 Å². The van der Waals surface area contributed by atoms with E-state index in [1.54, 1.807) is 12.1 Å². The van der Waals surface area contributed by atoms with E-state index in [2.05, 4.69) is 15.9 Å². The summed E-state index contributed by atoms with van der Waals surface area (Å²) < 4.78 is 19.5. The zero-order chi connectivity index (χ0) is 14.5. The summed E-state index contributed by atoms with van der Waals surface area (Å²) >= 11 is 3.45. The Balaban J connectivity index is 2.21. The number of hydrogen-bond donors (Lipinski definition) is 1. The van der Waals surface area contributed by atoms with Crippen molar-refractivity contribution in [3.8, 4) is 5.75 Å². The highest BCUT2D eigenvalue weighted by molar-refractivity contribution is 9.10. The highest BCUT2D eigenvalue weighted by Gasteiger charge is 2.13. The molecule has 2 aromatic carbocycles. The Kier molecular flexibility index (Phi) is 5.15. The van der Waals surface area contributed by atoms with Crippen LogP contribution in [0.15, 0.2) is 46.9 Å². The standard InChI is InChI=1S/C16H17BrFNO/c1-2-20-16-8-5-12(17)10-14(16)15(19)9-11-3-6-13(18)7-4-11/h3-8,10,15H,2,9,19H2,1H3. The number of nitrogens with two attached hydrogens (primary N) is 1. The zero-order valence-corrected chi connectivity index (χ0v) is 12.9. The number of halogens is 2. The first kappa shape index (κ1) is 15.0. The van der Waals surface area contributed by atoms with Gasteiger partial charge in [0.2, 0.25) is 0 Å². The molecule has 0 spiro atoms. The highest BCUT2D eigenvalue weighted by atomic mass is 79.9. The molecule has 2 N–H and O–H groups in total. The van der Waals surface area contributed by atoms with Gasteiger partial charge < -0.3 is 10.5 Å². The maximum atomic E-state index is 12.9. The van der Waals surface area contributed by atoms with E-state index in [0.29, 0.717) is 13.0 Å². The molecule has 20 heavy (non-hydrogen) atoms. The van der Waals surface area contributed by atoms with E-state index >= 15 is 0 Å². The maximum absolute atomic E-state index is 12.9. The van der Waals surface area contributed by atoms with Crippen molar-refractivity contribution in [2.45, 2.75) is 19.4 Å². The molecule has 0 aliphatic heterocycles. The fraction of sp³-hybridized carbons (Fsp3) is 0.250. The predicted octanol–water partition coefficient (Wildman–Crippen LogP) is 4.23. The Morgan fingerprint density at radius 1 is 1.20 bits per heavy atom.